The number of carbonyl (C=O) groups excluding carboxylic acids is 3. The molecule has 0 bridgehead atoms. The van der Waals surface area contributed by atoms with Crippen LogP contribution in [-0.2, 0) is 4.74 Å². The number of imide groups is 1. The zero-order valence-electron chi connectivity index (χ0n) is 18.4. The summed E-state index contributed by atoms with van der Waals surface area (Å²) >= 11 is 0. The number of carbonyl (C=O) groups is 3. The number of rotatable bonds is 7. The van der Waals surface area contributed by atoms with Gasteiger partial charge in [-0.25, -0.2) is 4.79 Å². The highest BCUT2D eigenvalue weighted by molar-refractivity contribution is 6.21. The molecular weight excluding hydrogens is 382 g/mol. The number of piperazine rings is 1. The van der Waals surface area contributed by atoms with Gasteiger partial charge in [0, 0.05) is 32.7 Å². The summed E-state index contributed by atoms with van der Waals surface area (Å²) in [7, 11) is 0. The van der Waals surface area contributed by atoms with Crippen molar-refractivity contribution in [3.05, 3.63) is 35.4 Å². The smallest absolute Gasteiger partial charge is 0.410 e. The number of hydrogen-bond acceptors (Lipinski definition) is 5. The van der Waals surface area contributed by atoms with E-state index in [4.69, 9.17) is 4.74 Å². The van der Waals surface area contributed by atoms with Gasteiger partial charge in [0.05, 0.1) is 11.1 Å². The van der Waals surface area contributed by atoms with Crippen LogP contribution in [0.15, 0.2) is 24.3 Å². The molecule has 1 saturated heterocycles. The molecule has 2 heterocycles. The number of amides is 3. The molecular formula is C23H33N3O4. The maximum atomic E-state index is 12.3. The van der Waals surface area contributed by atoms with Crippen LogP contribution in [-0.4, -0.2) is 77.5 Å². The Labute approximate surface area is 179 Å². The first-order valence-electron chi connectivity index (χ1n) is 10.9. The summed E-state index contributed by atoms with van der Waals surface area (Å²) in [6.07, 6.45) is 3.74. The summed E-state index contributed by atoms with van der Waals surface area (Å²) in [5.41, 5.74) is 0.586. The third-order valence-corrected chi connectivity index (χ3v) is 5.51. The second-order valence-electron chi connectivity index (χ2n) is 9.03. The maximum Gasteiger partial charge on any atom is 0.410 e. The fraction of sp³-hybridized carbons (Fsp3) is 0.609. The summed E-state index contributed by atoms with van der Waals surface area (Å²) in [5.74, 6) is -0.336. The fourth-order valence-electron chi connectivity index (χ4n) is 3.88. The molecule has 3 amide bonds. The summed E-state index contributed by atoms with van der Waals surface area (Å²) in [6, 6.07) is 7.03. The summed E-state index contributed by atoms with van der Waals surface area (Å²) in [4.78, 5) is 42.3. The minimum Gasteiger partial charge on any atom is -0.444 e. The molecule has 0 radical (unpaired) electrons. The lowest BCUT2D eigenvalue weighted by Gasteiger charge is -2.35. The van der Waals surface area contributed by atoms with Crippen LogP contribution in [0.5, 0.6) is 0 Å². The van der Waals surface area contributed by atoms with E-state index in [0.29, 0.717) is 30.8 Å². The largest absolute Gasteiger partial charge is 0.444 e. The Morgan fingerprint density at radius 1 is 0.867 bits per heavy atom. The molecule has 0 atom stereocenters. The topological polar surface area (TPSA) is 70.2 Å². The molecule has 0 saturated carbocycles. The molecule has 164 valence electrons. The number of nitrogens with zero attached hydrogens (tertiary/aromatic N) is 3. The normalized spacial score (nSPS) is 17.4. The van der Waals surface area contributed by atoms with Crippen LogP contribution in [0.2, 0.25) is 0 Å². The Hall–Kier alpha value is -2.41. The highest BCUT2D eigenvalue weighted by Crippen LogP contribution is 2.23. The highest BCUT2D eigenvalue weighted by atomic mass is 16.6. The third kappa shape index (κ3) is 5.59. The predicted molar refractivity (Wildman–Crippen MR) is 115 cm³/mol. The van der Waals surface area contributed by atoms with Crippen molar-refractivity contribution >= 4 is 17.9 Å². The van der Waals surface area contributed by atoms with Crippen molar-refractivity contribution in [1.82, 2.24) is 14.7 Å². The molecule has 0 spiro atoms. The van der Waals surface area contributed by atoms with Crippen LogP contribution in [0.3, 0.4) is 0 Å². The van der Waals surface area contributed by atoms with E-state index in [1.165, 1.54) is 4.90 Å². The van der Waals surface area contributed by atoms with E-state index in [0.717, 1.165) is 45.3 Å². The van der Waals surface area contributed by atoms with Crippen molar-refractivity contribution in [1.29, 1.82) is 0 Å². The number of fused-ring (bicyclic) bond motifs is 1. The number of hydrogen-bond donors (Lipinski definition) is 0. The van der Waals surface area contributed by atoms with Crippen molar-refractivity contribution in [3.8, 4) is 0 Å². The molecule has 0 aliphatic carbocycles. The van der Waals surface area contributed by atoms with Crippen LogP contribution < -0.4 is 0 Å². The first-order chi connectivity index (χ1) is 14.3. The molecule has 2 aliphatic heterocycles. The lowest BCUT2D eigenvalue weighted by Crippen LogP contribution is -2.50. The average Bonchev–Trinajstić information content (AvgIpc) is 2.94. The monoisotopic (exact) mass is 415 g/mol. The fourth-order valence-corrected chi connectivity index (χ4v) is 3.88. The van der Waals surface area contributed by atoms with Crippen molar-refractivity contribution in [2.75, 3.05) is 39.3 Å². The van der Waals surface area contributed by atoms with Crippen molar-refractivity contribution in [3.63, 3.8) is 0 Å². The zero-order valence-corrected chi connectivity index (χ0v) is 18.4. The van der Waals surface area contributed by atoms with E-state index in [1.54, 1.807) is 29.2 Å². The van der Waals surface area contributed by atoms with Gasteiger partial charge in [-0.05, 0) is 52.3 Å². The quantitative estimate of drug-likeness (QED) is 0.504. The van der Waals surface area contributed by atoms with Crippen molar-refractivity contribution in [2.45, 2.75) is 52.1 Å². The first-order valence-corrected chi connectivity index (χ1v) is 10.9. The highest BCUT2D eigenvalue weighted by Gasteiger charge is 2.34. The van der Waals surface area contributed by atoms with Crippen LogP contribution in [0, 0.1) is 0 Å². The molecule has 7 nitrogen and oxygen atoms in total. The summed E-state index contributed by atoms with van der Waals surface area (Å²) < 4.78 is 5.43. The molecule has 0 N–H and O–H groups in total. The number of benzene rings is 1. The number of unbranched alkanes of at least 4 members (excludes halogenated alkanes) is 3. The Balaban J connectivity index is 1.28. The summed E-state index contributed by atoms with van der Waals surface area (Å²) in [6.45, 7) is 10.3. The first kappa shape index (κ1) is 22.3. The van der Waals surface area contributed by atoms with Gasteiger partial charge in [0.15, 0.2) is 0 Å². The van der Waals surface area contributed by atoms with Gasteiger partial charge in [0.2, 0.25) is 0 Å². The van der Waals surface area contributed by atoms with E-state index in [-0.39, 0.29) is 17.9 Å². The Kier molecular flexibility index (Phi) is 7.13. The molecule has 1 fully saturated rings. The third-order valence-electron chi connectivity index (χ3n) is 5.51. The molecule has 7 heteroatoms. The average molecular weight is 416 g/mol. The zero-order chi connectivity index (χ0) is 21.7. The lowest BCUT2D eigenvalue weighted by molar-refractivity contribution is 0.0144. The van der Waals surface area contributed by atoms with E-state index in [9.17, 15) is 14.4 Å². The second-order valence-corrected chi connectivity index (χ2v) is 9.03. The summed E-state index contributed by atoms with van der Waals surface area (Å²) in [5, 5.41) is 0. The van der Waals surface area contributed by atoms with Gasteiger partial charge in [-0.3, -0.25) is 19.4 Å². The molecule has 3 rings (SSSR count). The minimum absolute atomic E-state index is 0.168. The second kappa shape index (κ2) is 9.60. The van der Waals surface area contributed by atoms with E-state index < -0.39 is 5.60 Å². The van der Waals surface area contributed by atoms with Gasteiger partial charge in [0.1, 0.15) is 5.60 Å². The van der Waals surface area contributed by atoms with E-state index in [1.807, 2.05) is 20.8 Å². The standard InChI is InChI=1S/C23H33N3O4/c1-23(2,3)30-22(29)25-16-14-24(15-17-25)12-8-4-5-9-13-26-20(27)18-10-6-7-11-19(18)21(26)28/h6-7,10-11H,4-5,8-9,12-17H2,1-3H3. The number of ether oxygens (including phenoxy) is 1. The molecule has 1 aromatic carbocycles. The molecule has 0 unspecified atom stereocenters. The van der Waals surface area contributed by atoms with Crippen LogP contribution in [0.1, 0.15) is 67.2 Å². The Bertz CT molecular complexity index is 744. The minimum atomic E-state index is -0.457. The van der Waals surface area contributed by atoms with Gasteiger partial charge in [-0.15, -0.1) is 0 Å². The Morgan fingerprint density at radius 2 is 1.40 bits per heavy atom. The molecule has 2 aliphatic rings. The molecule has 30 heavy (non-hydrogen) atoms. The SMILES string of the molecule is CC(C)(C)OC(=O)N1CCN(CCCCCCN2C(=O)c3ccccc3C2=O)CC1. The van der Waals surface area contributed by atoms with Crippen LogP contribution in [0.25, 0.3) is 0 Å². The van der Waals surface area contributed by atoms with E-state index >= 15 is 0 Å². The van der Waals surface area contributed by atoms with Gasteiger partial charge in [-0.2, -0.15) is 0 Å². The van der Waals surface area contributed by atoms with E-state index in [2.05, 4.69) is 4.90 Å². The Morgan fingerprint density at radius 3 is 1.93 bits per heavy atom. The van der Waals surface area contributed by atoms with Gasteiger partial charge in [0.25, 0.3) is 11.8 Å². The predicted octanol–water partition coefficient (Wildman–Crippen LogP) is 3.40. The molecule has 1 aromatic rings. The van der Waals surface area contributed by atoms with Gasteiger partial charge < -0.3 is 9.64 Å². The lowest BCUT2D eigenvalue weighted by atomic mass is 10.1. The van der Waals surface area contributed by atoms with Crippen molar-refractivity contribution in [2.24, 2.45) is 0 Å². The maximum absolute atomic E-state index is 12.3. The van der Waals surface area contributed by atoms with Gasteiger partial charge >= 0.3 is 6.09 Å². The van der Waals surface area contributed by atoms with Crippen LogP contribution >= 0.6 is 0 Å². The van der Waals surface area contributed by atoms with Gasteiger partial charge in [-0.1, -0.05) is 25.0 Å². The van der Waals surface area contributed by atoms with Crippen molar-refractivity contribution < 1.29 is 19.1 Å². The van der Waals surface area contributed by atoms with Crippen LogP contribution in [0.4, 0.5) is 4.79 Å². The molecule has 0 aromatic heterocycles.